The monoisotopic (exact) mass is 278 g/mol. The minimum Gasteiger partial charge on any atom is -0.384 e. The minimum absolute atomic E-state index is 0.0252. The van der Waals surface area contributed by atoms with Crippen molar-refractivity contribution in [2.75, 3.05) is 31.1 Å². The van der Waals surface area contributed by atoms with Crippen molar-refractivity contribution in [3.05, 3.63) is 28.8 Å². The Kier molecular flexibility index (Phi) is 3.37. The van der Waals surface area contributed by atoms with E-state index in [-0.39, 0.29) is 5.84 Å². The molecule has 2 fully saturated rings. The maximum Gasteiger partial charge on any atom is 0.124 e. The van der Waals surface area contributed by atoms with Gasteiger partial charge in [0, 0.05) is 36.9 Å². The zero-order chi connectivity index (χ0) is 13.4. The van der Waals surface area contributed by atoms with Crippen molar-refractivity contribution in [1.82, 2.24) is 4.90 Å². The van der Waals surface area contributed by atoms with E-state index in [4.69, 9.17) is 22.7 Å². The number of benzene rings is 1. The van der Waals surface area contributed by atoms with Gasteiger partial charge in [0.2, 0.25) is 0 Å². The molecule has 0 aliphatic carbocycles. The first-order valence-corrected chi connectivity index (χ1v) is 7.16. The van der Waals surface area contributed by atoms with E-state index in [9.17, 15) is 0 Å². The standard InChI is InChI=1S/C14H19ClN4/c15-13-8-10(3-4-12(13)14(16)17)19-7-6-18-5-1-2-11(18)9-19/h3-4,8,11H,1-2,5-7,9H2,(H3,16,17). The van der Waals surface area contributed by atoms with Gasteiger partial charge < -0.3 is 10.6 Å². The number of rotatable bonds is 2. The van der Waals surface area contributed by atoms with Crippen LogP contribution in [-0.2, 0) is 0 Å². The zero-order valence-electron chi connectivity index (χ0n) is 10.9. The van der Waals surface area contributed by atoms with E-state index >= 15 is 0 Å². The summed E-state index contributed by atoms with van der Waals surface area (Å²) in [6, 6.07) is 6.50. The van der Waals surface area contributed by atoms with E-state index in [1.54, 1.807) is 0 Å². The number of halogens is 1. The normalized spacial score (nSPS) is 23.4. The summed E-state index contributed by atoms with van der Waals surface area (Å²) in [5.74, 6) is 0.0252. The molecule has 1 aromatic rings. The SMILES string of the molecule is N=C(N)c1ccc(N2CCN3CCCC3C2)cc1Cl. The summed E-state index contributed by atoms with van der Waals surface area (Å²) in [4.78, 5) is 4.98. The molecule has 0 radical (unpaired) electrons. The first-order chi connectivity index (χ1) is 9.15. The third-order valence-electron chi connectivity index (χ3n) is 4.20. The Morgan fingerprint density at radius 3 is 2.89 bits per heavy atom. The van der Waals surface area contributed by atoms with Gasteiger partial charge in [-0.3, -0.25) is 10.3 Å². The summed E-state index contributed by atoms with van der Waals surface area (Å²) >= 11 is 6.20. The molecule has 1 aromatic carbocycles. The predicted octanol–water partition coefficient (Wildman–Crippen LogP) is 1.91. The van der Waals surface area contributed by atoms with E-state index < -0.39 is 0 Å². The molecule has 3 N–H and O–H groups in total. The molecule has 1 atom stereocenters. The summed E-state index contributed by atoms with van der Waals surface area (Å²) in [5.41, 5.74) is 7.25. The van der Waals surface area contributed by atoms with Crippen LogP contribution in [0.2, 0.25) is 5.02 Å². The van der Waals surface area contributed by atoms with Gasteiger partial charge in [0.15, 0.2) is 0 Å². The Balaban J connectivity index is 1.79. The van der Waals surface area contributed by atoms with Crippen LogP contribution in [0.4, 0.5) is 5.69 Å². The van der Waals surface area contributed by atoms with Gasteiger partial charge in [-0.05, 0) is 37.6 Å². The predicted molar refractivity (Wildman–Crippen MR) is 79.3 cm³/mol. The number of nitrogens with zero attached hydrogens (tertiary/aromatic N) is 2. The van der Waals surface area contributed by atoms with Crippen LogP contribution in [0.3, 0.4) is 0 Å². The second kappa shape index (κ2) is 5.02. The van der Waals surface area contributed by atoms with Crippen molar-refractivity contribution in [1.29, 1.82) is 5.41 Å². The molecule has 3 rings (SSSR count). The Bertz CT molecular complexity index is 502. The van der Waals surface area contributed by atoms with Crippen LogP contribution in [-0.4, -0.2) is 43.0 Å². The second-order valence-corrected chi connectivity index (χ2v) is 5.76. The molecule has 19 heavy (non-hydrogen) atoms. The van der Waals surface area contributed by atoms with Crippen LogP contribution in [0.25, 0.3) is 0 Å². The zero-order valence-corrected chi connectivity index (χ0v) is 11.7. The van der Waals surface area contributed by atoms with Gasteiger partial charge in [-0.1, -0.05) is 11.6 Å². The van der Waals surface area contributed by atoms with Gasteiger partial charge in [0.1, 0.15) is 5.84 Å². The average Bonchev–Trinajstić information content (AvgIpc) is 2.85. The van der Waals surface area contributed by atoms with E-state index in [1.165, 1.54) is 19.4 Å². The Morgan fingerprint density at radius 1 is 1.32 bits per heavy atom. The molecule has 4 nitrogen and oxygen atoms in total. The molecule has 102 valence electrons. The molecule has 1 unspecified atom stereocenters. The summed E-state index contributed by atoms with van der Waals surface area (Å²) in [5, 5.41) is 8.03. The molecular weight excluding hydrogens is 260 g/mol. The summed E-state index contributed by atoms with van der Waals surface area (Å²) in [7, 11) is 0. The lowest BCUT2D eigenvalue weighted by Gasteiger charge is -2.39. The molecular formula is C14H19ClN4. The highest BCUT2D eigenvalue weighted by Crippen LogP contribution is 2.28. The highest BCUT2D eigenvalue weighted by atomic mass is 35.5. The quantitative estimate of drug-likeness (QED) is 0.642. The molecule has 5 heteroatoms. The third-order valence-corrected chi connectivity index (χ3v) is 4.51. The number of nitrogens with one attached hydrogen (secondary N) is 1. The summed E-state index contributed by atoms with van der Waals surface area (Å²) in [6.07, 6.45) is 2.62. The van der Waals surface area contributed by atoms with Gasteiger partial charge in [0.25, 0.3) is 0 Å². The summed E-state index contributed by atoms with van der Waals surface area (Å²) in [6.45, 7) is 4.52. The molecule has 0 aromatic heterocycles. The van der Waals surface area contributed by atoms with E-state index in [0.29, 0.717) is 16.6 Å². The fourth-order valence-electron chi connectivity index (χ4n) is 3.14. The van der Waals surface area contributed by atoms with E-state index in [0.717, 1.165) is 25.3 Å². The number of hydrogen-bond acceptors (Lipinski definition) is 3. The number of anilines is 1. The Labute approximate surface area is 118 Å². The number of piperazine rings is 1. The number of hydrogen-bond donors (Lipinski definition) is 2. The molecule has 0 amide bonds. The molecule has 0 spiro atoms. The van der Waals surface area contributed by atoms with Crippen LogP contribution >= 0.6 is 11.6 Å². The van der Waals surface area contributed by atoms with Crippen LogP contribution < -0.4 is 10.6 Å². The van der Waals surface area contributed by atoms with Gasteiger partial charge in [0.05, 0.1) is 5.02 Å². The first kappa shape index (κ1) is 12.8. The smallest absolute Gasteiger partial charge is 0.124 e. The van der Waals surface area contributed by atoms with Crippen molar-refractivity contribution in [3.8, 4) is 0 Å². The minimum atomic E-state index is 0.0252. The number of amidine groups is 1. The van der Waals surface area contributed by atoms with Gasteiger partial charge in [-0.2, -0.15) is 0 Å². The van der Waals surface area contributed by atoms with E-state index in [1.807, 2.05) is 18.2 Å². The molecule has 2 heterocycles. The van der Waals surface area contributed by atoms with E-state index in [2.05, 4.69) is 9.80 Å². The van der Waals surface area contributed by atoms with Crippen LogP contribution in [0.15, 0.2) is 18.2 Å². The average molecular weight is 279 g/mol. The van der Waals surface area contributed by atoms with Crippen molar-refractivity contribution in [3.63, 3.8) is 0 Å². The van der Waals surface area contributed by atoms with Crippen LogP contribution in [0, 0.1) is 5.41 Å². The van der Waals surface area contributed by atoms with Gasteiger partial charge in [-0.25, -0.2) is 0 Å². The lowest BCUT2D eigenvalue weighted by Crippen LogP contribution is -2.50. The highest BCUT2D eigenvalue weighted by Gasteiger charge is 2.30. The maximum atomic E-state index is 7.46. The maximum absolute atomic E-state index is 7.46. The first-order valence-electron chi connectivity index (χ1n) is 6.78. The Hall–Kier alpha value is -1.26. The van der Waals surface area contributed by atoms with Gasteiger partial charge in [-0.15, -0.1) is 0 Å². The van der Waals surface area contributed by atoms with Crippen molar-refractivity contribution in [2.24, 2.45) is 5.73 Å². The topological polar surface area (TPSA) is 56.4 Å². The molecule has 0 bridgehead atoms. The fourth-order valence-corrected chi connectivity index (χ4v) is 3.42. The van der Waals surface area contributed by atoms with Gasteiger partial charge >= 0.3 is 0 Å². The number of nitrogen functional groups attached to an aromatic ring is 1. The van der Waals surface area contributed by atoms with Crippen LogP contribution in [0.1, 0.15) is 18.4 Å². The summed E-state index contributed by atoms with van der Waals surface area (Å²) < 4.78 is 0. The molecule has 0 saturated carbocycles. The second-order valence-electron chi connectivity index (χ2n) is 5.36. The molecule has 2 saturated heterocycles. The lowest BCUT2D eigenvalue weighted by atomic mass is 10.1. The van der Waals surface area contributed by atoms with Crippen molar-refractivity contribution >= 4 is 23.1 Å². The fraction of sp³-hybridized carbons (Fsp3) is 0.500. The third kappa shape index (κ3) is 2.42. The van der Waals surface area contributed by atoms with Crippen LogP contribution in [0.5, 0.6) is 0 Å². The number of fused-ring (bicyclic) bond motifs is 1. The largest absolute Gasteiger partial charge is 0.384 e. The Morgan fingerprint density at radius 2 is 2.16 bits per heavy atom. The van der Waals surface area contributed by atoms with Crippen molar-refractivity contribution in [2.45, 2.75) is 18.9 Å². The lowest BCUT2D eigenvalue weighted by molar-refractivity contribution is 0.231. The number of nitrogens with two attached hydrogens (primary N) is 1. The molecule has 2 aliphatic heterocycles. The highest BCUT2D eigenvalue weighted by molar-refractivity contribution is 6.34. The molecule has 2 aliphatic rings. The van der Waals surface area contributed by atoms with Crippen molar-refractivity contribution < 1.29 is 0 Å².